The Labute approximate surface area is 147 Å². The van der Waals surface area contributed by atoms with Crippen molar-refractivity contribution in [2.24, 2.45) is 0 Å². The van der Waals surface area contributed by atoms with Crippen LogP contribution in [0.4, 0.5) is 5.69 Å². The van der Waals surface area contributed by atoms with Crippen LogP contribution in [0.1, 0.15) is 55.8 Å². The second-order valence-electron chi connectivity index (χ2n) is 5.70. The maximum absolute atomic E-state index is 11.7. The minimum absolute atomic E-state index is 0.324. The molecule has 1 aromatic rings. The van der Waals surface area contributed by atoms with Gasteiger partial charge in [-0.1, -0.05) is 37.3 Å². The molecule has 6 heteroatoms. The fraction of sp³-hybridized carbons (Fsp3) is 0.529. The van der Waals surface area contributed by atoms with Crippen molar-refractivity contribution in [2.45, 2.75) is 51.5 Å². The molecule has 23 heavy (non-hydrogen) atoms. The van der Waals surface area contributed by atoms with Gasteiger partial charge in [0, 0.05) is 11.7 Å². The summed E-state index contributed by atoms with van der Waals surface area (Å²) >= 11 is 11.5. The van der Waals surface area contributed by atoms with Crippen molar-refractivity contribution < 1.29 is 9.53 Å². The van der Waals surface area contributed by atoms with Gasteiger partial charge in [0.1, 0.15) is 0 Å². The van der Waals surface area contributed by atoms with Gasteiger partial charge in [-0.15, -0.1) is 0 Å². The Morgan fingerprint density at radius 1 is 1.30 bits per heavy atom. The molecule has 0 bridgehead atoms. The molecule has 0 amide bonds. The Hall–Kier alpha value is -1.33. The summed E-state index contributed by atoms with van der Waals surface area (Å²) in [5.74, 6) is -0.414. The number of nitrogens with one attached hydrogen (secondary N) is 2. The number of hydrogen-bond acceptors (Lipinski definition) is 3. The summed E-state index contributed by atoms with van der Waals surface area (Å²) in [7, 11) is 0. The number of halogens is 1. The van der Waals surface area contributed by atoms with E-state index in [1.54, 1.807) is 25.1 Å². The third-order valence-corrected chi connectivity index (χ3v) is 4.45. The van der Waals surface area contributed by atoms with E-state index < -0.39 is 5.97 Å². The molecule has 2 rings (SSSR count). The van der Waals surface area contributed by atoms with Crippen molar-refractivity contribution in [2.75, 3.05) is 11.9 Å². The molecule has 1 fully saturated rings. The first kappa shape index (κ1) is 18.0. The fourth-order valence-electron chi connectivity index (χ4n) is 2.74. The van der Waals surface area contributed by atoms with Gasteiger partial charge in [0.2, 0.25) is 0 Å². The Morgan fingerprint density at radius 3 is 2.61 bits per heavy atom. The molecule has 0 spiro atoms. The lowest BCUT2D eigenvalue weighted by Crippen LogP contribution is -2.37. The molecule has 1 saturated carbocycles. The summed E-state index contributed by atoms with van der Waals surface area (Å²) in [6.45, 7) is 2.09. The molecule has 4 nitrogen and oxygen atoms in total. The van der Waals surface area contributed by atoms with Gasteiger partial charge in [-0.05, 0) is 50.2 Å². The van der Waals surface area contributed by atoms with E-state index in [1.165, 1.54) is 25.7 Å². The van der Waals surface area contributed by atoms with Crippen molar-refractivity contribution in [1.82, 2.24) is 5.32 Å². The summed E-state index contributed by atoms with van der Waals surface area (Å²) in [4.78, 5) is 11.7. The molecule has 1 aromatic carbocycles. The van der Waals surface area contributed by atoms with Crippen LogP contribution < -0.4 is 10.6 Å². The summed E-state index contributed by atoms with van der Waals surface area (Å²) in [5.41, 5.74) is 1.12. The Morgan fingerprint density at radius 2 is 2.00 bits per heavy atom. The van der Waals surface area contributed by atoms with E-state index >= 15 is 0 Å². The molecule has 0 saturated heterocycles. The highest BCUT2D eigenvalue weighted by atomic mass is 35.5. The molecule has 1 aliphatic rings. The SMILES string of the molecule is CCOC(=O)c1ccc(NC(=S)NC2CCCCCC2)cc1Cl. The van der Waals surface area contributed by atoms with Crippen molar-refractivity contribution in [3.05, 3.63) is 28.8 Å². The van der Waals surface area contributed by atoms with E-state index in [2.05, 4.69) is 10.6 Å². The zero-order valence-electron chi connectivity index (χ0n) is 13.4. The third-order valence-electron chi connectivity index (χ3n) is 3.91. The number of hydrogen-bond donors (Lipinski definition) is 2. The van der Waals surface area contributed by atoms with Crippen LogP contribution in [0.5, 0.6) is 0 Å². The number of benzene rings is 1. The van der Waals surface area contributed by atoms with Gasteiger partial charge in [0.15, 0.2) is 5.11 Å². The van der Waals surface area contributed by atoms with Crippen LogP contribution in [-0.4, -0.2) is 23.7 Å². The highest BCUT2D eigenvalue weighted by molar-refractivity contribution is 7.80. The Kier molecular flexibility index (Phi) is 7.12. The molecule has 0 atom stereocenters. The molecule has 0 heterocycles. The van der Waals surface area contributed by atoms with Gasteiger partial charge in [0.25, 0.3) is 0 Å². The molecular formula is C17H23ClN2O2S. The molecule has 1 aliphatic carbocycles. The lowest BCUT2D eigenvalue weighted by atomic mass is 10.1. The fourth-order valence-corrected chi connectivity index (χ4v) is 3.29. The lowest BCUT2D eigenvalue weighted by molar-refractivity contribution is 0.0526. The summed E-state index contributed by atoms with van der Waals surface area (Å²) < 4.78 is 4.96. The van der Waals surface area contributed by atoms with Gasteiger partial charge < -0.3 is 15.4 Å². The van der Waals surface area contributed by atoms with Crippen LogP contribution in [-0.2, 0) is 4.74 Å². The number of ether oxygens (including phenoxy) is 1. The van der Waals surface area contributed by atoms with Crippen molar-refractivity contribution >= 4 is 40.6 Å². The highest BCUT2D eigenvalue weighted by Crippen LogP contribution is 2.22. The standard InChI is InChI=1S/C17H23ClN2O2S/c1-2-22-16(21)14-10-9-13(11-15(14)18)20-17(23)19-12-7-5-3-4-6-8-12/h9-12H,2-8H2,1H3,(H2,19,20,23). The van der Waals surface area contributed by atoms with Crippen molar-refractivity contribution in [1.29, 1.82) is 0 Å². The van der Waals surface area contributed by atoms with Crippen molar-refractivity contribution in [3.63, 3.8) is 0 Å². The minimum atomic E-state index is -0.414. The number of rotatable bonds is 4. The van der Waals surface area contributed by atoms with Gasteiger partial charge in [-0.3, -0.25) is 0 Å². The van der Waals surface area contributed by atoms with E-state index in [-0.39, 0.29) is 0 Å². The first-order valence-corrected chi connectivity index (χ1v) is 8.93. The van der Waals surface area contributed by atoms with Crippen LogP contribution in [0.3, 0.4) is 0 Å². The molecule has 126 valence electrons. The number of carbonyl (C=O) groups excluding carboxylic acids is 1. The maximum atomic E-state index is 11.7. The monoisotopic (exact) mass is 354 g/mol. The highest BCUT2D eigenvalue weighted by Gasteiger charge is 2.14. The molecular weight excluding hydrogens is 332 g/mol. The van der Waals surface area contributed by atoms with Gasteiger partial charge in [-0.2, -0.15) is 0 Å². The average molecular weight is 355 g/mol. The molecule has 0 radical (unpaired) electrons. The average Bonchev–Trinajstić information content (AvgIpc) is 2.76. The van der Waals surface area contributed by atoms with E-state index in [0.717, 1.165) is 18.5 Å². The third kappa shape index (κ3) is 5.66. The minimum Gasteiger partial charge on any atom is -0.462 e. The molecule has 0 aliphatic heterocycles. The van der Waals surface area contributed by atoms with Gasteiger partial charge >= 0.3 is 5.97 Å². The quantitative estimate of drug-likeness (QED) is 0.472. The predicted octanol–water partition coefficient (Wildman–Crippen LogP) is 4.53. The second-order valence-corrected chi connectivity index (χ2v) is 6.52. The lowest BCUT2D eigenvalue weighted by Gasteiger charge is -2.19. The molecule has 0 unspecified atom stereocenters. The van der Waals surface area contributed by atoms with Crippen LogP contribution in [0.25, 0.3) is 0 Å². The first-order chi connectivity index (χ1) is 11.1. The summed E-state index contributed by atoms with van der Waals surface area (Å²) in [6, 6.07) is 5.55. The van der Waals surface area contributed by atoms with Gasteiger partial charge in [0.05, 0.1) is 17.2 Å². The normalized spacial score (nSPS) is 15.6. The zero-order valence-corrected chi connectivity index (χ0v) is 14.9. The van der Waals surface area contributed by atoms with Crippen LogP contribution in [0.15, 0.2) is 18.2 Å². The van der Waals surface area contributed by atoms with E-state index in [1.807, 2.05) is 0 Å². The van der Waals surface area contributed by atoms with Crippen LogP contribution in [0, 0.1) is 0 Å². The van der Waals surface area contributed by atoms with E-state index in [0.29, 0.717) is 28.3 Å². The van der Waals surface area contributed by atoms with Crippen molar-refractivity contribution in [3.8, 4) is 0 Å². The Bertz CT molecular complexity index is 558. The van der Waals surface area contributed by atoms with Crippen LogP contribution >= 0.6 is 23.8 Å². The largest absolute Gasteiger partial charge is 0.462 e. The summed E-state index contributed by atoms with van der Waals surface area (Å²) in [6.07, 6.45) is 7.43. The van der Waals surface area contributed by atoms with Gasteiger partial charge in [-0.25, -0.2) is 4.79 Å². The second kappa shape index (κ2) is 9.08. The number of carbonyl (C=O) groups is 1. The number of anilines is 1. The van der Waals surface area contributed by atoms with Crippen LogP contribution in [0.2, 0.25) is 5.02 Å². The Balaban J connectivity index is 1.93. The van der Waals surface area contributed by atoms with E-state index in [9.17, 15) is 4.79 Å². The zero-order chi connectivity index (χ0) is 16.7. The summed E-state index contributed by atoms with van der Waals surface area (Å²) in [5, 5.41) is 7.45. The predicted molar refractivity (Wildman–Crippen MR) is 98.3 cm³/mol. The number of esters is 1. The van der Waals surface area contributed by atoms with E-state index in [4.69, 9.17) is 28.6 Å². The first-order valence-electron chi connectivity index (χ1n) is 8.14. The molecule has 2 N–H and O–H groups in total. The maximum Gasteiger partial charge on any atom is 0.339 e. The molecule has 0 aromatic heterocycles. The smallest absolute Gasteiger partial charge is 0.339 e. The number of thiocarbonyl (C=S) groups is 1. The topological polar surface area (TPSA) is 50.4 Å².